The highest BCUT2D eigenvalue weighted by atomic mass is 28.4. The highest BCUT2D eigenvalue weighted by molar-refractivity contribution is 6.74. The Morgan fingerprint density at radius 2 is 1.51 bits per heavy atom. The summed E-state index contributed by atoms with van der Waals surface area (Å²) in [7, 11) is -4.10. The molecular formula is C34H59NO6Si2. The fourth-order valence-electron chi connectivity index (χ4n) is 4.64. The van der Waals surface area contributed by atoms with Crippen molar-refractivity contribution >= 4 is 34.1 Å². The molecule has 1 heterocycles. The molecule has 2 unspecified atom stereocenters. The van der Waals surface area contributed by atoms with Crippen molar-refractivity contribution in [2.24, 2.45) is 5.92 Å². The Bertz CT molecular complexity index is 1060. The predicted molar refractivity (Wildman–Crippen MR) is 179 cm³/mol. The van der Waals surface area contributed by atoms with Gasteiger partial charge in [-0.15, -0.1) is 0 Å². The van der Waals surface area contributed by atoms with Crippen LogP contribution in [-0.4, -0.2) is 70.9 Å². The fraction of sp³-hybridized carbons (Fsp3) is 0.735. The number of ether oxygens (including phenoxy) is 1. The van der Waals surface area contributed by atoms with Crippen LogP contribution in [0.1, 0.15) is 86.1 Å². The molecule has 1 aromatic rings. The van der Waals surface area contributed by atoms with Crippen molar-refractivity contribution in [2.75, 3.05) is 19.8 Å². The minimum atomic E-state index is -2.10. The molecular weight excluding hydrogens is 575 g/mol. The summed E-state index contributed by atoms with van der Waals surface area (Å²) >= 11 is 0. The standard InChI is InChI=1S/C34H59NO6Si2/c1-26(20-21-29(41-43(10,11)34(5,6)7)25-40-42(8,9)33(2,3)4)30(36)31(37)32(38)35-22-16-15-19-28(35)24-39-23-27-17-13-12-14-18-27/h12-14,17-18,26,28-29H,15-16,19-25H2,1-11H3/t26?,28-,29?/m0/s1. The Morgan fingerprint density at radius 1 is 0.907 bits per heavy atom. The molecule has 7 nitrogen and oxygen atoms in total. The van der Waals surface area contributed by atoms with E-state index >= 15 is 0 Å². The molecule has 0 N–H and O–H groups in total. The van der Waals surface area contributed by atoms with E-state index in [1.807, 2.05) is 30.3 Å². The van der Waals surface area contributed by atoms with E-state index < -0.39 is 40.0 Å². The fourth-order valence-corrected chi connectivity index (χ4v) is 7.05. The van der Waals surface area contributed by atoms with Crippen LogP contribution >= 0.6 is 0 Å². The Morgan fingerprint density at radius 3 is 2.09 bits per heavy atom. The number of carbonyl (C=O) groups is 3. The molecule has 0 aliphatic carbocycles. The molecule has 2 rings (SSSR count). The molecule has 0 spiro atoms. The van der Waals surface area contributed by atoms with Crippen LogP contribution in [0.25, 0.3) is 0 Å². The van der Waals surface area contributed by atoms with Gasteiger partial charge in [0.25, 0.3) is 11.7 Å². The van der Waals surface area contributed by atoms with Gasteiger partial charge in [0.15, 0.2) is 16.6 Å². The predicted octanol–water partition coefficient (Wildman–Crippen LogP) is 7.55. The largest absolute Gasteiger partial charge is 0.414 e. The molecule has 1 saturated heterocycles. The lowest BCUT2D eigenvalue weighted by Gasteiger charge is -2.41. The van der Waals surface area contributed by atoms with Crippen molar-refractivity contribution in [3.05, 3.63) is 35.9 Å². The number of Topliss-reactive ketones (excluding diaryl/α,β-unsaturated/α-hetero) is 2. The number of hydrogen-bond acceptors (Lipinski definition) is 6. The van der Waals surface area contributed by atoms with Gasteiger partial charge in [-0.3, -0.25) is 14.4 Å². The van der Waals surface area contributed by atoms with Gasteiger partial charge in [0.2, 0.25) is 5.78 Å². The Labute approximate surface area is 263 Å². The summed E-state index contributed by atoms with van der Waals surface area (Å²) in [6.07, 6.45) is 3.42. The number of nitrogens with zero attached hydrogens (tertiary/aromatic N) is 1. The number of rotatable bonds is 15. The van der Waals surface area contributed by atoms with Crippen LogP contribution in [0.4, 0.5) is 0 Å². The van der Waals surface area contributed by atoms with Gasteiger partial charge in [0.1, 0.15) is 0 Å². The number of carbonyl (C=O) groups excluding carboxylic acids is 3. The number of likely N-dealkylation sites (tertiary alicyclic amines) is 1. The molecule has 1 aliphatic rings. The minimum Gasteiger partial charge on any atom is -0.414 e. The molecule has 0 radical (unpaired) electrons. The van der Waals surface area contributed by atoms with Gasteiger partial charge in [-0.2, -0.15) is 0 Å². The summed E-state index contributed by atoms with van der Waals surface area (Å²) in [5, 5.41) is 0.102. The van der Waals surface area contributed by atoms with E-state index in [4.69, 9.17) is 13.6 Å². The number of ketones is 2. The van der Waals surface area contributed by atoms with Crippen LogP contribution in [0.15, 0.2) is 30.3 Å². The van der Waals surface area contributed by atoms with Crippen LogP contribution in [0.2, 0.25) is 36.3 Å². The minimum absolute atomic E-state index is 0.0296. The van der Waals surface area contributed by atoms with Gasteiger partial charge in [-0.05, 0) is 73.9 Å². The topological polar surface area (TPSA) is 82.1 Å². The van der Waals surface area contributed by atoms with E-state index in [1.165, 1.54) is 0 Å². The van der Waals surface area contributed by atoms with Crippen LogP contribution in [-0.2, 0) is 34.6 Å². The maximum atomic E-state index is 13.3. The van der Waals surface area contributed by atoms with Gasteiger partial charge in [-0.1, -0.05) is 78.8 Å². The molecule has 9 heteroatoms. The monoisotopic (exact) mass is 633 g/mol. The first kappa shape index (κ1) is 37.5. The number of piperidine rings is 1. The zero-order chi connectivity index (χ0) is 32.6. The highest BCUT2D eigenvalue weighted by Crippen LogP contribution is 2.39. The lowest BCUT2D eigenvalue weighted by atomic mass is 9.94. The molecule has 0 bridgehead atoms. The molecule has 0 aromatic heterocycles. The summed E-state index contributed by atoms with van der Waals surface area (Å²) in [4.78, 5) is 41.3. The number of hydrogen-bond donors (Lipinski definition) is 0. The third kappa shape index (κ3) is 11.0. The molecule has 244 valence electrons. The lowest BCUT2D eigenvalue weighted by molar-refractivity contribution is -0.153. The van der Waals surface area contributed by atoms with Crippen LogP contribution < -0.4 is 0 Å². The normalized spacial score (nSPS) is 18.3. The smallest absolute Gasteiger partial charge is 0.298 e. The van der Waals surface area contributed by atoms with Crippen molar-refractivity contribution in [3.8, 4) is 0 Å². The molecule has 3 atom stereocenters. The third-order valence-corrected chi connectivity index (χ3v) is 18.8. The second-order valence-corrected chi connectivity index (χ2v) is 25.0. The maximum absolute atomic E-state index is 13.3. The highest BCUT2D eigenvalue weighted by Gasteiger charge is 2.42. The number of benzene rings is 1. The maximum Gasteiger partial charge on any atom is 0.298 e. The van der Waals surface area contributed by atoms with Crippen LogP contribution in [0.3, 0.4) is 0 Å². The van der Waals surface area contributed by atoms with Crippen molar-refractivity contribution in [1.82, 2.24) is 4.90 Å². The average Bonchev–Trinajstić information content (AvgIpc) is 2.92. The molecule has 1 amide bonds. The summed E-state index contributed by atoms with van der Waals surface area (Å²) in [5.41, 5.74) is 1.06. The van der Waals surface area contributed by atoms with Gasteiger partial charge in [-0.25, -0.2) is 0 Å². The van der Waals surface area contributed by atoms with E-state index in [2.05, 4.69) is 67.7 Å². The van der Waals surface area contributed by atoms with Crippen molar-refractivity contribution in [1.29, 1.82) is 0 Å². The third-order valence-electron chi connectivity index (χ3n) is 9.80. The summed E-state index contributed by atoms with van der Waals surface area (Å²) in [6.45, 7) is 25.7. The zero-order valence-corrected chi connectivity index (χ0v) is 30.9. The Balaban J connectivity index is 2.03. The second kappa shape index (κ2) is 15.6. The molecule has 43 heavy (non-hydrogen) atoms. The van der Waals surface area contributed by atoms with Crippen molar-refractivity contribution in [3.63, 3.8) is 0 Å². The quantitative estimate of drug-likeness (QED) is 0.113. The van der Waals surface area contributed by atoms with E-state index in [9.17, 15) is 14.4 Å². The Hall–Kier alpha value is -1.66. The second-order valence-electron chi connectivity index (χ2n) is 15.4. The van der Waals surface area contributed by atoms with Crippen molar-refractivity contribution < 1.29 is 28.0 Å². The lowest BCUT2D eigenvalue weighted by Crippen LogP contribution is -2.50. The SMILES string of the molecule is CC(CCC(CO[Si](C)(C)C(C)(C)C)O[Si](C)(C)C(C)(C)C)C(=O)C(=O)C(=O)N1CCCC[C@H]1COCc1ccccc1. The zero-order valence-electron chi connectivity index (χ0n) is 28.9. The molecule has 0 saturated carbocycles. The summed E-state index contributed by atoms with van der Waals surface area (Å²) < 4.78 is 19.2. The average molecular weight is 634 g/mol. The molecule has 1 fully saturated rings. The van der Waals surface area contributed by atoms with E-state index in [0.29, 0.717) is 39.2 Å². The summed E-state index contributed by atoms with van der Waals surface area (Å²) in [6, 6.07) is 9.67. The summed E-state index contributed by atoms with van der Waals surface area (Å²) in [5.74, 6) is -2.80. The van der Waals surface area contributed by atoms with Gasteiger partial charge in [0.05, 0.1) is 32.0 Å². The molecule has 1 aromatic carbocycles. The first-order valence-corrected chi connectivity index (χ1v) is 21.9. The van der Waals surface area contributed by atoms with Crippen LogP contribution in [0.5, 0.6) is 0 Å². The van der Waals surface area contributed by atoms with E-state index in [-0.39, 0.29) is 22.2 Å². The number of amides is 1. The van der Waals surface area contributed by atoms with Gasteiger partial charge < -0.3 is 18.5 Å². The van der Waals surface area contributed by atoms with Crippen LogP contribution in [0, 0.1) is 5.92 Å². The van der Waals surface area contributed by atoms with Gasteiger partial charge >= 0.3 is 0 Å². The van der Waals surface area contributed by atoms with E-state index in [1.54, 1.807) is 11.8 Å². The Kier molecular flexibility index (Phi) is 13.6. The molecule has 1 aliphatic heterocycles. The van der Waals surface area contributed by atoms with E-state index in [0.717, 1.165) is 24.8 Å². The first-order chi connectivity index (χ1) is 19.8. The van der Waals surface area contributed by atoms with Gasteiger partial charge in [0, 0.05) is 12.5 Å². The van der Waals surface area contributed by atoms with Crippen molar-refractivity contribution in [2.45, 2.75) is 136 Å². The first-order valence-electron chi connectivity index (χ1n) is 16.1.